The summed E-state index contributed by atoms with van der Waals surface area (Å²) in [6, 6.07) is 11.4. The third-order valence-electron chi connectivity index (χ3n) is 4.57. The average molecular weight is 435 g/mol. The van der Waals surface area contributed by atoms with Crippen LogP contribution in [0.5, 0.6) is 5.75 Å². The van der Waals surface area contributed by atoms with E-state index in [1.54, 1.807) is 42.5 Å². The fraction of sp³-hybridized carbons (Fsp3) is 0.238. The highest BCUT2D eigenvalue weighted by atomic mass is 35.5. The van der Waals surface area contributed by atoms with Gasteiger partial charge in [-0.3, -0.25) is 0 Å². The topological polar surface area (TPSA) is 76.7 Å². The number of rotatable bonds is 6. The quantitative estimate of drug-likeness (QED) is 0.642. The van der Waals surface area contributed by atoms with Gasteiger partial charge in [0.15, 0.2) is 0 Å². The largest absolute Gasteiger partial charge is 0.489 e. The van der Waals surface area contributed by atoms with Gasteiger partial charge < -0.3 is 20.1 Å². The molecule has 2 aromatic carbocycles. The molecule has 2 aromatic rings. The molecule has 2 amide bonds. The molecule has 0 fully saturated rings. The molecule has 8 heteroatoms. The monoisotopic (exact) mass is 434 g/mol. The minimum absolute atomic E-state index is 0.217. The Morgan fingerprint density at radius 1 is 1.10 bits per heavy atom. The summed E-state index contributed by atoms with van der Waals surface area (Å²) in [5.74, 6) is 0.109. The maximum atomic E-state index is 12.3. The van der Waals surface area contributed by atoms with E-state index in [1.165, 1.54) is 7.11 Å². The molecule has 29 heavy (non-hydrogen) atoms. The first-order chi connectivity index (χ1) is 13.9. The molecule has 1 aliphatic heterocycles. The molecule has 0 spiro atoms. The molecule has 0 saturated carbocycles. The summed E-state index contributed by atoms with van der Waals surface area (Å²) in [6.07, 6.45) is 0.494. The zero-order valence-electron chi connectivity index (χ0n) is 15.9. The van der Waals surface area contributed by atoms with Crippen molar-refractivity contribution in [2.75, 3.05) is 7.11 Å². The van der Waals surface area contributed by atoms with Crippen LogP contribution in [0.2, 0.25) is 10.0 Å². The number of halogens is 2. The van der Waals surface area contributed by atoms with Crippen molar-refractivity contribution in [2.24, 2.45) is 0 Å². The van der Waals surface area contributed by atoms with Crippen LogP contribution in [0.15, 0.2) is 53.7 Å². The van der Waals surface area contributed by atoms with E-state index < -0.39 is 12.0 Å². The molecule has 3 rings (SSSR count). The van der Waals surface area contributed by atoms with E-state index in [2.05, 4.69) is 10.6 Å². The van der Waals surface area contributed by atoms with Crippen molar-refractivity contribution in [3.63, 3.8) is 0 Å². The first-order valence-corrected chi connectivity index (χ1v) is 9.74. The highest BCUT2D eigenvalue weighted by molar-refractivity contribution is 6.35. The third kappa shape index (κ3) is 4.66. The van der Waals surface area contributed by atoms with Crippen molar-refractivity contribution in [1.29, 1.82) is 0 Å². The standard InChI is InChI=1S/C21H20Cl2N2O4/c1-3-17-18(20(26)28-2)19(25-21(27)24-17)12-7-9-13(10-8-12)29-11-14-15(22)5-4-6-16(14)23/h4-10,19H,3,11H2,1-2H3,(H2,24,25,27). The summed E-state index contributed by atoms with van der Waals surface area (Å²) in [5.41, 5.74) is 2.36. The van der Waals surface area contributed by atoms with E-state index in [1.807, 2.05) is 6.92 Å². The van der Waals surface area contributed by atoms with E-state index in [0.29, 0.717) is 39.0 Å². The van der Waals surface area contributed by atoms with Gasteiger partial charge in [0.05, 0.1) is 18.7 Å². The van der Waals surface area contributed by atoms with Crippen LogP contribution >= 0.6 is 23.2 Å². The van der Waals surface area contributed by atoms with Crippen molar-refractivity contribution >= 4 is 35.2 Å². The fourth-order valence-electron chi connectivity index (χ4n) is 3.08. The summed E-state index contributed by atoms with van der Waals surface area (Å²) >= 11 is 12.3. The number of ether oxygens (including phenoxy) is 2. The number of carbonyl (C=O) groups is 2. The Bertz CT molecular complexity index is 937. The van der Waals surface area contributed by atoms with Crippen molar-refractivity contribution in [1.82, 2.24) is 10.6 Å². The molecule has 0 saturated heterocycles. The number of carbonyl (C=O) groups excluding carboxylic acids is 2. The van der Waals surface area contributed by atoms with Crippen LogP contribution in [-0.4, -0.2) is 19.1 Å². The van der Waals surface area contributed by atoms with Gasteiger partial charge in [-0.25, -0.2) is 9.59 Å². The van der Waals surface area contributed by atoms with Gasteiger partial charge in [0.2, 0.25) is 0 Å². The van der Waals surface area contributed by atoms with Crippen molar-refractivity contribution in [3.05, 3.63) is 74.9 Å². The van der Waals surface area contributed by atoms with Gasteiger partial charge in [0, 0.05) is 21.3 Å². The molecule has 1 atom stereocenters. The number of amides is 2. The fourth-order valence-corrected chi connectivity index (χ4v) is 3.59. The number of hydrogen-bond donors (Lipinski definition) is 2. The number of allylic oxidation sites excluding steroid dienone is 1. The Balaban J connectivity index is 1.81. The average Bonchev–Trinajstić information content (AvgIpc) is 2.72. The number of methoxy groups -OCH3 is 1. The SMILES string of the molecule is CCC1=C(C(=O)OC)C(c2ccc(OCc3c(Cl)cccc3Cl)cc2)NC(=O)N1. The number of benzene rings is 2. The molecule has 0 radical (unpaired) electrons. The zero-order valence-corrected chi connectivity index (χ0v) is 17.4. The summed E-state index contributed by atoms with van der Waals surface area (Å²) in [7, 11) is 1.31. The van der Waals surface area contributed by atoms with Crippen molar-refractivity contribution < 1.29 is 19.1 Å². The Labute approximate surface area is 178 Å². The van der Waals surface area contributed by atoms with Gasteiger partial charge in [0.1, 0.15) is 12.4 Å². The lowest BCUT2D eigenvalue weighted by atomic mass is 9.94. The van der Waals surface area contributed by atoms with E-state index in [9.17, 15) is 9.59 Å². The lowest BCUT2D eigenvalue weighted by molar-refractivity contribution is -0.136. The molecule has 0 bridgehead atoms. The summed E-state index contributed by atoms with van der Waals surface area (Å²) in [6.45, 7) is 2.08. The lowest BCUT2D eigenvalue weighted by Gasteiger charge is -2.28. The Morgan fingerprint density at radius 2 is 1.76 bits per heavy atom. The van der Waals surface area contributed by atoms with Gasteiger partial charge in [-0.05, 0) is 36.2 Å². The third-order valence-corrected chi connectivity index (χ3v) is 5.28. The highest BCUT2D eigenvalue weighted by Crippen LogP contribution is 2.30. The molecule has 1 unspecified atom stereocenters. The lowest BCUT2D eigenvalue weighted by Crippen LogP contribution is -2.45. The van der Waals surface area contributed by atoms with Crippen LogP contribution in [0.25, 0.3) is 0 Å². The van der Waals surface area contributed by atoms with Crippen LogP contribution in [0.4, 0.5) is 4.79 Å². The van der Waals surface area contributed by atoms with E-state index >= 15 is 0 Å². The smallest absolute Gasteiger partial charge is 0.337 e. The minimum atomic E-state index is -0.613. The van der Waals surface area contributed by atoms with Crippen molar-refractivity contribution in [3.8, 4) is 5.75 Å². The van der Waals surface area contributed by atoms with Gasteiger partial charge in [-0.15, -0.1) is 0 Å². The molecular weight excluding hydrogens is 415 g/mol. The van der Waals surface area contributed by atoms with Gasteiger partial charge in [-0.2, -0.15) is 0 Å². The molecule has 152 valence electrons. The van der Waals surface area contributed by atoms with E-state index in [4.69, 9.17) is 32.7 Å². The predicted molar refractivity (Wildman–Crippen MR) is 111 cm³/mol. The summed E-state index contributed by atoms with van der Waals surface area (Å²) < 4.78 is 10.7. The second-order valence-electron chi connectivity index (χ2n) is 6.33. The first-order valence-electron chi connectivity index (χ1n) is 8.99. The van der Waals surface area contributed by atoms with Gasteiger partial charge in [0.25, 0.3) is 0 Å². The molecule has 2 N–H and O–H groups in total. The molecule has 1 aliphatic rings. The first kappa shape index (κ1) is 21.0. The number of nitrogens with one attached hydrogen (secondary N) is 2. The second-order valence-corrected chi connectivity index (χ2v) is 7.14. The van der Waals surface area contributed by atoms with E-state index in [0.717, 1.165) is 5.56 Å². The Morgan fingerprint density at radius 3 is 2.34 bits per heavy atom. The van der Waals surface area contributed by atoms with Crippen molar-refractivity contribution in [2.45, 2.75) is 26.0 Å². The van der Waals surface area contributed by atoms with Crippen LogP contribution in [0.3, 0.4) is 0 Å². The minimum Gasteiger partial charge on any atom is -0.489 e. The predicted octanol–water partition coefficient (Wildman–Crippen LogP) is 4.76. The Kier molecular flexibility index (Phi) is 6.67. The van der Waals surface area contributed by atoms with Crippen LogP contribution in [-0.2, 0) is 16.1 Å². The molecule has 0 aromatic heterocycles. The van der Waals surface area contributed by atoms with Crippen LogP contribution in [0, 0.1) is 0 Å². The van der Waals surface area contributed by atoms with Gasteiger partial charge in [-0.1, -0.05) is 48.3 Å². The molecule has 6 nitrogen and oxygen atoms in total. The Hall–Kier alpha value is -2.70. The second kappa shape index (κ2) is 9.20. The number of esters is 1. The normalized spacial score (nSPS) is 16.1. The van der Waals surface area contributed by atoms with Crippen LogP contribution in [0.1, 0.15) is 30.5 Å². The van der Waals surface area contributed by atoms with E-state index in [-0.39, 0.29) is 12.6 Å². The maximum absolute atomic E-state index is 12.3. The molecule has 1 heterocycles. The molecular formula is C21H20Cl2N2O4. The van der Waals surface area contributed by atoms with Gasteiger partial charge >= 0.3 is 12.0 Å². The number of hydrogen-bond acceptors (Lipinski definition) is 4. The maximum Gasteiger partial charge on any atom is 0.337 e. The highest BCUT2D eigenvalue weighted by Gasteiger charge is 2.32. The zero-order chi connectivity index (χ0) is 21.0. The summed E-state index contributed by atoms with van der Waals surface area (Å²) in [4.78, 5) is 24.3. The van der Waals surface area contributed by atoms with Crippen LogP contribution < -0.4 is 15.4 Å². The number of urea groups is 1. The summed E-state index contributed by atoms with van der Waals surface area (Å²) in [5, 5.41) is 6.51. The molecule has 0 aliphatic carbocycles.